The van der Waals surface area contributed by atoms with Crippen molar-refractivity contribution in [3.05, 3.63) is 58.6 Å². The number of alkyl halides is 1. The van der Waals surface area contributed by atoms with E-state index in [0.29, 0.717) is 11.6 Å². The summed E-state index contributed by atoms with van der Waals surface area (Å²) < 4.78 is 28.0. The molecule has 112 valence electrons. The molecule has 0 heterocycles. The van der Waals surface area contributed by atoms with Crippen molar-refractivity contribution in [2.24, 2.45) is 0 Å². The number of aryl methyl sites for hydroxylation is 1. The number of nitrogens with one attached hydrogen (secondary N) is 1. The molecule has 0 radical (unpaired) electrons. The van der Waals surface area contributed by atoms with Gasteiger partial charge < -0.3 is 0 Å². The van der Waals surface area contributed by atoms with Crippen LogP contribution in [0.3, 0.4) is 0 Å². The van der Waals surface area contributed by atoms with Crippen molar-refractivity contribution >= 4 is 43.2 Å². The van der Waals surface area contributed by atoms with Crippen molar-refractivity contribution in [1.29, 1.82) is 0 Å². The molecule has 0 saturated carbocycles. The SMILES string of the molecule is O=S(=O)(Nc1cccc(CCCCl)c1)c1cccc(Br)c1. The first-order valence-electron chi connectivity index (χ1n) is 6.44. The Kier molecular flexibility index (Phi) is 5.67. The molecule has 0 aliphatic heterocycles. The molecule has 0 fully saturated rings. The molecule has 0 aromatic heterocycles. The van der Waals surface area contributed by atoms with Crippen molar-refractivity contribution in [1.82, 2.24) is 0 Å². The van der Waals surface area contributed by atoms with E-state index < -0.39 is 10.0 Å². The van der Waals surface area contributed by atoms with Gasteiger partial charge in [0.15, 0.2) is 0 Å². The van der Waals surface area contributed by atoms with E-state index in [-0.39, 0.29) is 4.90 Å². The molecular formula is C15H15BrClNO2S. The molecular weight excluding hydrogens is 374 g/mol. The second-order valence-corrected chi connectivity index (χ2v) is 7.53. The van der Waals surface area contributed by atoms with Crippen molar-refractivity contribution in [2.45, 2.75) is 17.7 Å². The minimum atomic E-state index is -3.58. The number of anilines is 1. The van der Waals surface area contributed by atoms with Crippen molar-refractivity contribution in [3.8, 4) is 0 Å². The van der Waals surface area contributed by atoms with Gasteiger partial charge in [-0.1, -0.05) is 34.1 Å². The third-order valence-corrected chi connectivity index (χ3v) is 5.02. The lowest BCUT2D eigenvalue weighted by atomic mass is 10.1. The number of benzene rings is 2. The van der Waals surface area contributed by atoms with Gasteiger partial charge in [0, 0.05) is 16.0 Å². The molecule has 0 atom stereocenters. The summed E-state index contributed by atoms with van der Waals surface area (Å²) in [6.07, 6.45) is 1.69. The number of hydrogen-bond acceptors (Lipinski definition) is 2. The van der Waals surface area contributed by atoms with Gasteiger partial charge >= 0.3 is 0 Å². The molecule has 2 aromatic carbocycles. The molecule has 2 aromatic rings. The van der Waals surface area contributed by atoms with Crippen LogP contribution in [-0.4, -0.2) is 14.3 Å². The Morgan fingerprint density at radius 3 is 2.57 bits per heavy atom. The maximum absolute atomic E-state index is 12.3. The third kappa shape index (κ3) is 4.73. The highest BCUT2D eigenvalue weighted by molar-refractivity contribution is 9.10. The number of sulfonamides is 1. The van der Waals surface area contributed by atoms with Crippen LogP contribution in [0.4, 0.5) is 5.69 Å². The van der Waals surface area contributed by atoms with E-state index in [1.165, 1.54) is 0 Å². The van der Waals surface area contributed by atoms with Crippen LogP contribution in [0.25, 0.3) is 0 Å². The van der Waals surface area contributed by atoms with Gasteiger partial charge in [-0.25, -0.2) is 8.42 Å². The summed E-state index contributed by atoms with van der Waals surface area (Å²) in [5, 5.41) is 0. The Labute approximate surface area is 138 Å². The van der Waals surface area contributed by atoms with Crippen LogP contribution in [0, 0.1) is 0 Å². The van der Waals surface area contributed by atoms with Crippen molar-refractivity contribution < 1.29 is 8.42 Å². The van der Waals surface area contributed by atoms with Gasteiger partial charge in [0.25, 0.3) is 10.0 Å². The van der Waals surface area contributed by atoms with Gasteiger partial charge in [-0.2, -0.15) is 0 Å². The number of rotatable bonds is 6. The van der Waals surface area contributed by atoms with Gasteiger partial charge in [-0.15, -0.1) is 11.6 Å². The molecule has 0 spiro atoms. The Hall–Kier alpha value is -1.04. The average Bonchev–Trinajstić information content (AvgIpc) is 2.45. The topological polar surface area (TPSA) is 46.2 Å². The molecule has 0 bridgehead atoms. The summed E-state index contributed by atoms with van der Waals surface area (Å²) >= 11 is 8.95. The number of halogens is 2. The highest BCUT2D eigenvalue weighted by Crippen LogP contribution is 2.20. The second-order valence-electron chi connectivity index (χ2n) is 4.56. The lowest BCUT2D eigenvalue weighted by molar-refractivity contribution is 0.601. The fraction of sp³-hybridized carbons (Fsp3) is 0.200. The Bertz CT molecular complexity index is 719. The van der Waals surface area contributed by atoms with Crippen LogP contribution in [0.5, 0.6) is 0 Å². The zero-order chi connectivity index (χ0) is 15.3. The summed E-state index contributed by atoms with van der Waals surface area (Å²) in [6.45, 7) is 0. The minimum Gasteiger partial charge on any atom is -0.280 e. The maximum Gasteiger partial charge on any atom is 0.261 e. The van der Waals surface area contributed by atoms with Crippen LogP contribution < -0.4 is 4.72 Å². The average molecular weight is 389 g/mol. The normalized spacial score (nSPS) is 11.3. The highest BCUT2D eigenvalue weighted by atomic mass is 79.9. The molecule has 21 heavy (non-hydrogen) atoms. The monoisotopic (exact) mass is 387 g/mol. The second kappa shape index (κ2) is 7.29. The van der Waals surface area contributed by atoms with Gasteiger partial charge in [-0.05, 0) is 48.7 Å². The minimum absolute atomic E-state index is 0.225. The number of hydrogen-bond donors (Lipinski definition) is 1. The summed E-state index contributed by atoms with van der Waals surface area (Å²) in [7, 11) is -3.58. The predicted octanol–water partition coefficient (Wildman–Crippen LogP) is 4.42. The predicted molar refractivity (Wildman–Crippen MR) is 90.4 cm³/mol. The lowest BCUT2D eigenvalue weighted by Gasteiger charge is -2.09. The molecule has 0 unspecified atom stereocenters. The molecule has 0 amide bonds. The highest BCUT2D eigenvalue weighted by Gasteiger charge is 2.14. The molecule has 3 nitrogen and oxygen atoms in total. The van der Waals surface area contributed by atoms with Crippen molar-refractivity contribution in [3.63, 3.8) is 0 Å². The van der Waals surface area contributed by atoms with Crippen LogP contribution in [0.1, 0.15) is 12.0 Å². The fourth-order valence-corrected chi connectivity index (χ4v) is 3.69. The van der Waals surface area contributed by atoms with E-state index >= 15 is 0 Å². The molecule has 0 aliphatic rings. The summed E-state index contributed by atoms with van der Waals surface area (Å²) in [6, 6.07) is 14.0. The first kappa shape index (κ1) is 16.3. The van der Waals surface area contributed by atoms with E-state index in [1.807, 2.05) is 18.2 Å². The first-order valence-corrected chi connectivity index (χ1v) is 9.25. The molecule has 0 aliphatic carbocycles. The van der Waals surface area contributed by atoms with E-state index in [2.05, 4.69) is 20.7 Å². The Morgan fingerprint density at radius 2 is 1.86 bits per heavy atom. The molecule has 0 saturated heterocycles. The van der Waals surface area contributed by atoms with Crippen molar-refractivity contribution in [2.75, 3.05) is 10.6 Å². The van der Waals surface area contributed by atoms with Gasteiger partial charge in [0.1, 0.15) is 0 Å². The first-order chi connectivity index (χ1) is 10.0. The zero-order valence-electron chi connectivity index (χ0n) is 11.2. The quantitative estimate of drug-likeness (QED) is 0.745. The van der Waals surface area contributed by atoms with Crippen LogP contribution in [0.2, 0.25) is 0 Å². The van der Waals surface area contributed by atoms with E-state index in [1.54, 1.807) is 30.3 Å². The smallest absolute Gasteiger partial charge is 0.261 e. The van der Waals surface area contributed by atoms with Gasteiger partial charge in [0.2, 0.25) is 0 Å². The summed E-state index contributed by atoms with van der Waals surface area (Å²) in [5.41, 5.74) is 1.62. The van der Waals surface area contributed by atoms with Crippen LogP contribution in [-0.2, 0) is 16.4 Å². The fourth-order valence-electron chi connectivity index (χ4n) is 1.91. The molecule has 6 heteroatoms. The van der Waals surface area contributed by atoms with E-state index in [4.69, 9.17) is 11.6 Å². The summed E-state index contributed by atoms with van der Waals surface area (Å²) in [5.74, 6) is 0.591. The summed E-state index contributed by atoms with van der Waals surface area (Å²) in [4.78, 5) is 0.225. The Balaban J connectivity index is 2.20. The molecule has 1 N–H and O–H groups in total. The van der Waals surface area contributed by atoms with Crippen LogP contribution >= 0.6 is 27.5 Å². The lowest BCUT2D eigenvalue weighted by Crippen LogP contribution is -2.13. The van der Waals surface area contributed by atoms with Gasteiger partial charge in [0.05, 0.1) is 4.90 Å². The Morgan fingerprint density at radius 1 is 1.10 bits per heavy atom. The van der Waals surface area contributed by atoms with E-state index in [0.717, 1.165) is 22.9 Å². The zero-order valence-corrected chi connectivity index (χ0v) is 14.4. The third-order valence-electron chi connectivity index (χ3n) is 2.88. The largest absolute Gasteiger partial charge is 0.280 e. The maximum atomic E-state index is 12.3. The van der Waals surface area contributed by atoms with E-state index in [9.17, 15) is 8.42 Å². The standard InChI is InChI=1S/C15H15BrClNO2S/c16-13-6-2-8-15(11-13)21(19,20)18-14-7-1-4-12(10-14)5-3-9-17/h1-2,4,6-8,10-11,18H,3,5,9H2. The van der Waals surface area contributed by atoms with Gasteiger partial charge in [-0.3, -0.25) is 4.72 Å². The molecule has 2 rings (SSSR count). The van der Waals surface area contributed by atoms with Crippen LogP contribution in [0.15, 0.2) is 57.9 Å².